The van der Waals surface area contributed by atoms with Gasteiger partial charge in [-0.25, -0.2) is 31.9 Å². The van der Waals surface area contributed by atoms with Gasteiger partial charge in [-0.05, 0) is 64.9 Å². The van der Waals surface area contributed by atoms with Crippen LogP contribution in [0.15, 0.2) is 51.8 Å². The zero-order valence-electron chi connectivity index (χ0n) is 35.9. The first-order valence-electron chi connectivity index (χ1n) is 18.0. The summed E-state index contributed by atoms with van der Waals surface area (Å²) in [5.74, 6) is -7.36. The number of hydrogen-bond acceptors (Lipinski definition) is 15. The molecule has 0 saturated heterocycles. The zero-order chi connectivity index (χ0) is 53.4. The number of carbonyl (C=O) groups is 4. The molecule has 384 valence electrons. The number of carboxylic acid groups (broad SMARTS) is 2. The lowest BCUT2D eigenvalue weighted by molar-refractivity contribution is -0.193. The number of nitrogens with zero attached hydrogens (tertiary/aromatic N) is 4. The van der Waals surface area contributed by atoms with Crippen LogP contribution in [0.2, 0.25) is 5.02 Å². The Morgan fingerprint density at radius 3 is 1.93 bits per heavy atom. The number of amides is 2. The lowest BCUT2D eigenvalue weighted by atomic mass is 10.1. The smallest absolute Gasteiger partial charge is 0.434 e. The number of hydrogen-bond donors (Lipinski definition) is 6. The SMILES string of the molecule is CC(C)OC(=O)c1cc(-c2nn(C)c(C(F)(F)F)c2Br)c(F)cc1Cl.C[S+](C)C.O=C(Nc1nc(OC(F)F)cc(OC(F)F)n1)NS(=O)(=O)c1ccccc1C(=O)O.O=C(O)CNCP(=O)([O-])O. The Morgan fingerprint density at radius 1 is 0.971 bits per heavy atom. The van der Waals surface area contributed by atoms with E-state index < -0.39 is 124 Å². The zero-order valence-corrected chi connectivity index (χ0v) is 40.7. The third kappa shape index (κ3) is 22.3. The van der Waals surface area contributed by atoms with Crippen molar-refractivity contribution in [3.63, 3.8) is 0 Å². The molecule has 6 N–H and O–H groups in total. The first-order valence-corrected chi connectivity index (χ1v) is 24.8. The van der Waals surface area contributed by atoms with E-state index in [1.165, 1.54) is 16.9 Å². The van der Waals surface area contributed by atoms with Crippen molar-refractivity contribution in [1.29, 1.82) is 0 Å². The number of carbonyl (C=O) groups excluding carboxylic acids is 2. The second kappa shape index (κ2) is 27.1. The van der Waals surface area contributed by atoms with Crippen molar-refractivity contribution in [1.82, 2.24) is 29.8 Å². The highest BCUT2D eigenvalue weighted by Crippen LogP contribution is 2.41. The lowest BCUT2D eigenvalue weighted by Crippen LogP contribution is -2.35. The maximum Gasteiger partial charge on any atom is 0.434 e. The molecule has 0 aliphatic heterocycles. The maximum absolute atomic E-state index is 14.3. The number of aromatic nitrogens is 4. The molecule has 0 aliphatic rings. The summed E-state index contributed by atoms with van der Waals surface area (Å²) in [6.07, 6.45) is 0.732. The topological polar surface area (TPSA) is 311 Å². The second-order valence-electron chi connectivity index (χ2n) is 13.2. The van der Waals surface area contributed by atoms with Crippen LogP contribution in [-0.4, -0.2) is 118 Å². The van der Waals surface area contributed by atoms with Gasteiger partial charge in [-0.2, -0.15) is 45.8 Å². The van der Waals surface area contributed by atoms with E-state index in [2.05, 4.69) is 59.2 Å². The summed E-state index contributed by atoms with van der Waals surface area (Å²) < 4.78 is 152. The van der Waals surface area contributed by atoms with Crippen LogP contribution in [0.1, 0.15) is 40.3 Å². The number of aliphatic carboxylic acids is 1. The molecule has 21 nitrogen and oxygen atoms in total. The normalized spacial score (nSPS) is 12.1. The molecular formula is C35H38BrClF8N7O14PS2. The standard InChI is InChI=1S/C15H12BrClF4N2O2.C14H10F4N4O7S.C3H8NO5P.C3H9S/c1-6(2)25-14(24)7-4-8(10(18)5-9(7)17)12-11(16)13(15(19,20)21)23(3)22-12;15-11(16)28-8-5-9(29-12(17)18)20-13(19-8)21-14(25)22-30(26,27)7-4-2-1-3-6(7)10(23)24;5-3(6)1-4-2-10(7,8)9;1-4(2)3/h4-6H,1-3H3;1-5,11-12H,(H,23,24)(H2,19,20,21,22,25);4H,1-2H2,(H,5,6)(H2,7,8,9);1-3H3/q;;;+1/p-1. The van der Waals surface area contributed by atoms with Crippen LogP contribution in [0.25, 0.3) is 11.3 Å². The number of halogens is 10. The van der Waals surface area contributed by atoms with Crippen molar-refractivity contribution in [3.05, 3.63) is 74.6 Å². The third-order valence-electron chi connectivity index (χ3n) is 6.68. The van der Waals surface area contributed by atoms with Crippen molar-refractivity contribution in [3.8, 4) is 23.0 Å². The number of aromatic carboxylic acids is 1. The molecule has 0 radical (unpaired) electrons. The second-order valence-corrected chi connectivity index (χ2v) is 20.1. The highest BCUT2D eigenvalue weighted by Gasteiger charge is 2.39. The number of urea groups is 1. The summed E-state index contributed by atoms with van der Waals surface area (Å²) in [5, 5.41) is 24.2. The van der Waals surface area contributed by atoms with Gasteiger partial charge in [0.25, 0.3) is 10.0 Å². The molecule has 0 fully saturated rings. The van der Waals surface area contributed by atoms with Gasteiger partial charge in [0.2, 0.25) is 17.7 Å². The van der Waals surface area contributed by atoms with Gasteiger partial charge in [0.05, 0.1) is 64.4 Å². The van der Waals surface area contributed by atoms with E-state index in [1.807, 2.05) is 5.32 Å². The largest absolute Gasteiger partial charge is 0.778 e. The van der Waals surface area contributed by atoms with E-state index in [-0.39, 0.29) is 21.8 Å². The summed E-state index contributed by atoms with van der Waals surface area (Å²) in [4.78, 5) is 68.7. The average molecular weight is 1140 g/mol. The molecule has 69 heavy (non-hydrogen) atoms. The minimum Gasteiger partial charge on any atom is -0.778 e. The van der Waals surface area contributed by atoms with E-state index in [4.69, 9.17) is 31.4 Å². The van der Waals surface area contributed by atoms with Crippen molar-refractivity contribution in [2.75, 3.05) is 36.9 Å². The van der Waals surface area contributed by atoms with Gasteiger partial charge in [-0.15, -0.1) is 0 Å². The molecule has 2 heterocycles. The number of anilines is 1. The van der Waals surface area contributed by atoms with Crippen LogP contribution in [0, 0.1) is 5.82 Å². The Bertz CT molecular complexity index is 2570. The Morgan fingerprint density at radius 2 is 1.49 bits per heavy atom. The number of nitrogens with one attached hydrogen (secondary N) is 3. The molecule has 2 amide bonds. The number of aryl methyl sites for hydroxylation is 1. The minimum atomic E-state index is -4.71. The Kier molecular flexibility index (Phi) is 24.2. The Balaban J connectivity index is 0.000000547. The molecule has 2 aromatic carbocycles. The van der Waals surface area contributed by atoms with Gasteiger partial charge >= 0.3 is 43.3 Å². The van der Waals surface area contributed by atoms with E-state index in [0.29, 0.717) is 21.6 Å². The Hall–Kier alpha value is -5.37. The molecule has 4 aromatic rings. The van der Waals surface area contributed by atoms with Crippen molar-refractivity contribution < 1.29 is 101 Å². The van der Waals surface area contributed by atoms with Crippen LogP contribution in [-0.2, 0) is 48.2 Å². The molecule has 0 spiro atoms. The molecule has 34 heteroatoms. The highest BCUT2D eigenvalue weighted by molar-refractivity contribution is 9.10. The number of carboxylic acids is 2. The average Bonchev–Trinajstić information content (AvgIpc) is 3.46. The van der Waals surface area contributed by atoms with Crippen molar-refractivity contribution in [2.45, 2.75) is 44.2 Å². The number of rotatable bonds is 15. The van der Waals surface area contributed by atoms with Gasteiger partial charge in [0, 0.05) is 12.6 Å². The summed E-state index contributed by atoms with van der Waals surface area (Å²) >= 11 is 8.67. The van der Waals surface area contributed by atoms with Crippen LogP contribution in [0.5, 0.6) is 11.8 Å². The fraction of sp³-hybridized carbons (Fsp3) is 0.343. The summed E-state index contributed by atoms with van der Waals surface area (Å²) in [7, 11) is -7.34. The summed E-state index contributed by atoms with van der Waals surface area (Å²) in [6.45, 7) is -4.07. The maximum atomic E-state index is 14.3. The van der Waals surface area contributed by atoms with E-state index >= 15 is 0 Å². The quantitative estimate of drug-likeness (QED) is 0.0356. The van der Waals surface area contributed by atoms with E-state index in [0.717, 1.165) is 31.3 Å². The highest BCUT2D eigenvalue weighted by atomic mass is 79.9. The molecule has 1 atom stereocenters. The van der Waals surface area contributed by atoms with Gasteiger partial charge in [-0.1, -0.05) is 23.7 Å². The number of esters is 1. The van der Waals surface area contributed by atoms with Crippen LogP contribution in [0.4, 0.5) is 45.9 Å². The van der Waals surface area contributed by atoms with E-state index in [1.54, 1.807) is 19.2 Å². The van der Waals surface area contributed by atoms with Gasteiger partial charge < -0.3 is 38.8 Å². The number of ether oxygens (including phenoxy) is 3. The third-order valence-corrected chi connectivity index (χ3v) is 9.75. The fourth-order valence-electron chi connectivity index (χ4n) is 4.39. The van der Waals surface area contributed by atoms with Crippen LogP contribution in [0.3, 0.4) is 0 Å². The molecule has 4 rings (SSSR count). The van der Waals surface area contributed by atoms with Crippen LogP contribution < -0.4 is 29.7 Å². The van der Waals surface area contributed by atoms with Crippen molar-refractivity contribution in [2.24, 2.45) is 7.05 Å². The predicted octanol–water partition coefficient (Wildman–Crippen LogP) is 5.77. The molecule has 0 saturated carbocycles. The molecule has 0 bridgehead atoms. The van der Waals surface area contributed by atoms with Gasteiger partial charge in [-0.3, -0.25) is 20.1 Å². The molecule has 1 unspecified atom stereocenters. The minimum absolute atomic E-state index is 0.169. The summed E-state index contributed by atoms with van der Waals surface area (Å²) in [6, 6.07) is 5.08. The van der Waals surface area contributed by atoms with Gasteiger partial charge in [0.15, 0.2) is 5.69 Å². The fourth-order valence-corrected chi connectivity index (χ4v) is 6.90. The number of alkyl halides is 7. The van der Waals surface area contributed by atoms with E-state index in [9.17, 15) is 72.2 Å². The number of sulfonamides is 1. The van der Waals surface area contributed by atoms with Crippen molar-refractivity contribution >= 4 is 85.9 Å². The van der Waals surface area contributed by atoms with Gasteiger partial charge in [0.1, 0.15) is 24.0 Å². The monoisotopic (exact) mass is 1140 g/mol. The predicted molar refractivity (Wildman–Crippen MR) is 230 cm³/mol. The summed E-state index contributed by atoms with van der Waals surface area (Å²) in [5.41, 5.74) is -2.50. The molecular weight excluding hydrogens is 1100 g/mol. The first kappa shape index (κ1) is 61.6. The van der Waals surface area contributed by atoms with Crippen LogP contribution >= 0.6 is 35.1 Å². The molecule has 2 aromatic heterocycles. The number of benzene rings is 2. The lowest BCUT2D eigenvalue weighted by Gasteiger charge is -2.14. The Labute approximate surface area is 401 Å². The first-order chi connectivity index (χ1) is 31.6. The molecule has 0 aliphatic carbocycles.